The van der Waals surface area contributed by atoms with Gasteiger partial charge in [0.25, 0.3) is 0 Å². The summed E-state index contributed by atoms with van der Waals surface area (Å²) in [5.74, 6) is 3.61. The van der Waals surface area contributed by atoms with Crippen LogP contribution in [0.5, 0.6) is 17.2 Å². The van der Waals surface area contributed by atoms with Crippen LogP contribution in [0.2, 0.25) is 0 Å². The van der Waals surface area contributed by atoms with Gasteiger partial charge in [0.1, 0.15) is 17.2 Å². The molecule has 0 atom stereocenters. The van der Waals surface area contributed by atoms with Crippen LogP contribution < -0.4 is 25.5 Å². The molecule has 4 aromatic rings. The largest absolute Gasteiger partial charge is 0.490 e. The molecule has 2 aromatic carbocycles. The van der Waals surface area contributed by atoms with Gasteiger partial charge in [0, 0.05) is 12.3 Å². The van der Waals surface area contributed by atoms with Crippen LogP contribution in [-0.4, -0.2) is 22.4 Å². The molecule has 8 nitrogen and oxygen atoms in total. The average Bonchev–Trinajstić information content (AvgIpc) is 3.35. The number of benzene rings is 2. The molecule has 2 heterocycles. The highest BCUT2D eigenvalue weighted by Crippen LogP contribution is 2.31. The van der Waals surface area contributed by atoms with Crippen LogP contribution >= 0.6 is 0 Å². The molecule has 1 fully saturated rings. The van der Waals surface area contributed by atoms with Crippen molar-refractivity contribution in [3.8, 4) is 17.2 Å². The highest BCUT2D eigenvalue weighted by Gasteiger charge is 2.18. The fourth-order valence-electron chi connectivity index (χ4n) is 4.17. The zero-order chi connectivity index (χ0) is 23.3. The lowest BCUT2D eigenvalue weighted by atomic mass is 10.2. The Balaban J connectivity index is 1.36. The van der Waals surface area contributed by atoms with Crippen molar-refractivity contribution in [3.63, 3.8) is 0 Å². The summed E-state index contributed by atoms with van der Waals surface area (Å²) in [5, 5.41) is 4.45. The van der Waals surface area contributed by atoms with E-state index in [0.717, 1.165) is 52.3 Å². The number of fused-ring (bicyclic) bond motifs is 1. The Morgan fingerprint density at radius 1 is 1.06 bits per heavy atom. The molecule has 5 rings (SSSR count). The molecule has 0 unspecified atom stereocenters. The topological polar surface area (TPSA) is 109 Å². The molecule has 1 saturated carbocycles. The number of aryl methyl sites for hydroxylation is 1. The molecule has 34 heavy (non-hydrogen) atoms. The molecule has 0 amide bonds. The van der Waals surface area contributed by atoms with Gasteiger partial charge in [-0.15, -0.1) is 4.98 Å². The standard InChI is InChI=1S/C26H26N6O2/c1-17-12-18(6-9-24(17)34-21-10-11-28-25(14-21)29-15-27)32-26-22-13-20(33-19-4-2-3-5-19)7-8-23(22)30-16-31-26/h6-16,19H,2-5H2,1H3,(H2,27,28,29)(H,30,31,32)/p+1. The number of anilines is 2. The van der Waals surface area contributed by atoms with Gasteiger partial charge < -0.3 is 15.2 Å². The van der Waals surface area contributed by atoms with Crippen molar-refractivity contribution in [3.05, 3.63) is 66.6 Å². The number of aromatic amines is 1. The predicted molar refractivity (Wildman–Crippen MR) is 132 cm³/mol. The maximum absolute atomic E-state index is 6.20. The molecule has 0 aliphatic heterocycles. The molecule has 172 valence electrons. The third-order valence-electron chi connectivity index (χ3n) is 5.85. The van der Waals surface area contributed by atoms with Gasteiger partial charge in [-0.05, 0) is 80.6 Å². The number of H-pyrrole nitrogens is 1. The number of hydrogen-bond acceptors (Lipinski definition) is 6. The highest BCUT2D eigenvalue weighted by atomic mass is 16.5. The van der Waals surface area contributed by atoms with E-state index in [1.807, 2.05) is 37.3 Å². The van der Waals surface area contributed by atoms with Crippen molar-refractivity contribution >= 4 is 34.6 Å². The second kappa shape index (κ2) is 9.74. The zero-order valence-corrected chi connectivity index (χ0v) is 19.0. The molecular formula is C26H27N6O2+. The minimum atomic E-state index is 0.309. The van der Waals surface area contributed by atoms with E-state index in [2.05, 4.69) is 31.3 Å². The van der Waals surface area contributed by atoms with E-state index in [1.165, 1.54) is 19.2 Å². The molecular weight excluding hydrogens is 428 g/mol. The molecule has 8 heteroatoms. The monoisotopic (exact) mass is 455 g/mol. The second-order valence-corrected chi connectivity index (χ2v) is 8.32. The van der Waals surface area contributed by atoms with Gasteiger partial charge in [-0.25, -0.2) is 15.0 Å². The SMILES string of the molecule is Cc1cc(Nc2[nH+]cnc3ccc(OC4CCCC4)cc23)ccc1Oc1ccnc(N=CN)c1. The lowest BCUT2D eigenvalue weighted by molar-refractivity contribution is -0.363. The number of nitrogens with two attached hydrogens (primary N) is 1. The number of aliphatic imine (C=N–C) groups is 1. The first-order valence-electron chi connectivity index (χ1n) is 11.4. The first-order valence-corrected chi connectivity index (χ1v) is 11.4. The van der Waals surface area contributed by atoms with E-state index in [4.69, 9.17) is 15.2 Å². The fraction of sp³-hybridized carbons (Fsp3) is 0.231. The number of pyridine rings is 1. The molecule has 4 N–H and O–H groups in total. The van der Waals surface area contributed by atoms with Gasteiger partial charge >= 0.3 is 0 Å². The maximum Gasteiger partial charge on any atom is 0.234 e. The number of nitrogens with zero attached hydrogens (tertiary/aromatic N) is 3. The summed E-state index contributed by atoms with van der Waals surface area (Å²) in [6, 6.07) is 15.5. The van der Waals surface area contributed by atoms with Crippen molar-refractivity contribution in [1.29, 1.82) is 0 Å². The van der Waals surface area contributed by atoms with E-state index < -0.39 is 0 Å². The quantitative estimate of drug-likeness (QED) is 0.292. The van der Waals surface area contributed by atoms with Crippen LogP contribution in [0.3, 0.4) is 0 Å². The van der Waals surface area contributed by atoms with E-state index in [1.54, 1.807) is 24.7 Å². The summed E-state index contributed by atoms with van der Waals surface area (Å²) < 4.78 is 12.2. The number of aromatic nitrogens is 3. The van der Waals surface area contributed by atoms with Gasteiger partial charge in [-0.1, -0.05) is 0 Å². The van der Waals surface area contributed by atoms with E-state index in [9.17, 15) is 0 Å². The van der Waals surface area contributed by atoms with Crippen LogP contribution in [0.25, 0.3) is 10.9 Å². The summed E-state index contributed by atoms with van der Waals surface area (Å²) in [6.45, 7) is 2.00. The Labute approximate surface area is 197 Å². The Morgan fingerprint density at radius 3 is 2.76 bits per heavy atom. The number of nitrogens with one attached hydrogen (secondary N) is 2. The molecule has 0 bridgehead atoms. The van der Waals surface area contributed by atoms with Gasteiger partial charge in [0.05, 0.1) is 23.5 Å². The number of rotatable bonds is 7. The lowest BCUT2D eigenvalue weighted by Gasteiger charge is -2.13. The average molecular weight is 456 g/mol. The third-order valence-corrected chi connectivity index (χ3v) is 5.85. The Hall–Kier alpha value is -4.20. The van der Waals surface area contributed by atoms with Crippen molar-refractivity contribution in [2.24, 2.45) is 10.7 Å². The van der Waals surface area contributed by atoms with Crippen LogP contribution in [0.1, 0.15) is 31.2 Å². The molecule has 1 aliphatic carbocycles. The van der Waals surface area contributed by atoms with Crippen LogP contribution in [0.4, 0.5) is 17.3 Å². The molecule has 0 radical (unpaired) electrons. The second-order valence-electron chi connectivity index (χ2n) is 8.32. The number of hydrogen-bond donors (Lipinski definition) is 2. The predicted octanol–water partition coefficient (Wildman–Crippen LogP) is 5.23. The smallest absolute Gasteiger partial charge is 0.234 e. The molecule has 0 spiro atoms. The maximum atomic E-state index is 6.20. The molecule has 2 aromatic heterocycles. The summed E-state index contributed by atoms with van der Waals surface area (Å²) >= 11 is 0. The zero-order valence-electron chi connectivity index (χ0n) is 19.0. The Morgan fingerprint density at radius 2 is 1.94 bits per heavy atom. The first-order chi connectivity index (χ1) is 16.7. The van der Waals surface area contributed by atoms with Crippen molar-refractivity contribution in [2.45, 2.75) is 38.7 Å². The lowest BCUT2D eigenvalue weighted by Crippen LogP contribution is -2.13. The first kappa shape index (κ1) is 21.6. The Kier molecular flexibility index (Phi) is 6.20. The van der Waals surface area contributed by atoms with Crippen molar-refractivity contribution in [2.75, 3.05) is 5.32 Å². The summed E-state index contributed by atoms with van der Waals surface area (Å²) in [7, 11) is 0. The minimum absolute atomic E-state index is 0.309. The van der Waals surface area contributed by atoms with Crippen LogP contribution in [0.15, 0.2) is 66.0 Å². The Bertz CT molecular complexity index is 1330. The van der Waals surface area contributed by atoms with Gasteiger partial charge in [-0.3, -0.25) is 5.32 Å². The van der Waals surface area contributed by atoms with E-state index >= 15 is 0 Å². The van der Waals surface area contributed by atoms with Gasteiger partial charge in [0.2, 0.25) is 12.1 Å². The fourth-order valence-corrected chi connectivity index (χ4v) is 4.17. The molecule has 1 aliphatic rings. The highest BCUT2D eigenvalue weighted by molar-refractivity contribution is 5.90. The number of ether oxygens (including phenoxy) is 2. The van der Waals surface area contributed by atoms with E-state index in [-0.39, 0.29) is 0 Å². The molecule has 0 saturated heterocycles. The summed E-state index contributed by atoms with van der Waals surface area (Å²) in [4.78, 5) is 15.8. The van der Waals surface area contributed by atoms with Gasteiger partial charge in [0.15, 0.2) is 11.3 Å². The van der Waals surface area contributed by atoms with Crippen molar-refractivity contribution < 1.29 is 14.5 Å². The minimum Gasteiger partial charge on any atom is -0.490 e. The third kappa shape index (κ3) is 4.91. The van der Waals surface area contributed by atoms with Gasteiger partial charge in [-0.2, -0.15) is 0 Å². The van der Waals surface area contributed by atoms with Crippen LogP contribution in [-0.2, 0) is 0 Å². The summed E-state index contributed by atoms with van der Waals surface area (Å²) in [5.41, 5.74) is 8.16. The van der Waals surface area contributed by atoms with Crippen LogP contribution in [0, 0.1) is 6.92 Å². The van der Waals surface area contributed by atoms with E-state index in [0.29, 0.717) is 17.7 Å². The summed E-state index contributed by atoms with van der Waals surface area (Å²) in [6.07, 6.45) is 9.57. The normalized spacial score (nSPS) is 14.0. The van der Waals surface area contributed by atoms with Crippen molar-refractivity contribution in [1.82, 2.24) is 9.97 Å².